The highest BCUT2D eigenvalue weighted by atomic mass is 35.5. The van der Waals surface area contributed by atoms with Crippen molar-refractivity contribution in [3.05, 3.63) is 35.0 Å². The van der Waals surface area contributed by atoms with Gasteiger partial charge in [0.15, 0.2) is 0 Å². The van der Waals surface area contributed by atoms with Crippen LogP contribution in [0.25, 0.3) is 0 Å². The van der Waals surface area contributed by atoms with Gasteiger partial charge in [-0.3, -0.25) is 4.99 Å². The van der Waals surface area contributed by atoms with Crippen LogP contribution in [0.3, 0.4) is 0 Å². The number of halogens is 2. The van der Waals surface area contributed by atoms with E-state index in [1.807, 2.05) is 30.1 Å². The molecule has 0 fully saturated rings. The summed E-state index contributed by atoms with van der Waals surface area (Å²) in [4.78, 5) is 5.79. The third-order valence-electron chi connectivity index (χ3n) is 1.81. The molecule has 16 heavy (non-hydrogen) atoms. The van der Waals surface area contributed by atoms with Crippen LogP contribution >= 0.6 is 23.2 Å². The molecular weight excluding hydrogens is 247 g/mol. The molecule has 0 aliphatic heterocycles. The summed E-state index contributed by atoms with van der Waals surface area (Å²) in [5, 5.41) is 0.130. The molecule has 0 spiro atoms. The van der Waals surface area contributed by atoms with E-state index in [4.69, 9.17) is 27.9 Å². The number of rotatable bonds is 4. The number of nitrogens with zero attached hydrogens (tertiary/aromatic N) is 2. The van der Waals surface area contributed by atoms with Crippen LogP contribution in [-0.2, 0) is 0 Å². The number of ether oxygens (including phenoxy) is 1. The Morgan fingerprint density at radius 1 is 1.50 bits per heavy atom. The van der Waals surface area contributed by atoms with Crippen molar-refractivity contribution in [1.82, 2.24) is 0 Å². The Kier molecular flexibility index (Phi) is 5.15. The second-order valence-corrected chi connectivity index (χ2v) is 3.59. The van der Waals surface area contributed by atoms with E-state index in [9.17, 15) is 0 Å². The van der Waals surface area contributed by atoms with Crippen LogP contribution in [-0.4, -0.2) is 20.4 Å². The van der Waals surface area contributed by atoms with Gasteiger partial charge in [0.05, 0.1) is 11.9 Å². The summed E-state index contributed by atoms with van der Waals surface area (Å²) in [5.74, 6) is 0.621. The van der Waals surface area contributed by atoms with E-state index in [-0.39, 0.29) is 5.22 Å². The highest BCUT2D eigenvalue weighted by Crippen LogP contribution is 2.22. The van der Waals surface area contributed by atoms with Crippen molar-refractivity contribution in [2.24, 2.45) is 4.99 Å². The van der Waals surface area contributed by atoms with Gasteiger partial charge < -0.3 is 9.64 Å². The van der Waals surface area contributed by atoms with E-state index >= 15 is 0 Å². The highest BCUT2D eigenvalue weighted by Gasteiger charge is 2.01. The molecule has 3 nitrogen and oxygen atoms in total. The summed E-state index contributed by atoms with van der Waals surface area (Å²) < 4.78 is 5.26. The number of hydrogen-bond acceptors (Lipinski definition) is 2. The lowest BCUT2D eigenvalue weighted by molar-refractivity contribution is 0.464. The van der Waals surface area contributed by atoms with Gasteiger partial charge in [0.1, 0.15) is 5.75 Å². The average molecular weight is 259 g/mol. The summed E-state index contributed by atoms with van der Waals surface area (Å²) in [7, 11) is 3.61. The van der Waals surface area contributed by atoms with Crippen LogP contribution in [0.4, 0.5) is 5.69 Å². The van der Waals surface area contributed by atoms with Crippen molar-refractivity contribution in [2.75, 3.05) is 19.0 Å². The summed E-state index contributed by atoms with van der Waals surface area (Å²) in [6.45, 7) is 0. The number of aliphatic imine (C=N–C) groups is 1. The quantitative estimate of drug-likeness (QED) is 0.470. The molecule has 0 saturated heterocycles. The Balaban J connectivity index is 2.86. The Hall–Kier alpha value is -1.19. The molecule has 5 heteroatoms. The largest absolute Gasteiger partial charge is 0.444 e. The predicted octanol–water partition coefficient (Wildman–Crippen LogP) is 3.44. The minimum Gasteiger partial charge on any atom is -0.444 e. The Labute approximate surface area is 105 Å². The molecule has 1 aromatic carbocycles. The van der Waals surface area contributed by atoms with Crippen LogP contribution in [0, 0.1) is 0 Å². The zero-order chi connectivity index (χ0) is 12.0. The zero-order valence-corrected chi connectivity index (χ0v) is 10.5. The van der Waals surface area contributed by atoms with Gasteiger partial charge in [-0.2, -0.15) is 0 Å². The fourth-order valence-electron chi connectivity index (χ4n) is 1.14. The zero-order valence-electron chi connectivity index (χ0n) is 9.02. The Morgan fingerprint density at radius 3 is 2.88 bits per heavy atom. The van der Waals surface area contributed by atoms with Crippen molar-refractivity contribution in [1.29, 1.82) is 0 Å². The van der Waals surface area contributed by atoms with E-state index in [0.717, 1.165) is 5.69 Å². The molecule has 0 amide bonds. The fourth-order valence-corrected chi connectivity index (χ4v) is 1.27. The Bertz CT molecular complexity index is 405. The topological polar surface area (TPSA) is 24.8 Å². The smallest absolute Gasteiger partial charge is 0.205 e. The first kappa shape index (κ1) is 12.9. The molecule has 0 aliphatic rings. The average Bonchev–Trinajstić information content (AvgIpc) is 2.29. The van der Waals surface area contributed by atoms with Crippen molar-refractivity contribution in [2.45, 2.75) is 0 Å². The minimum atomic E-state index is 0.130. The van der Waals surface area contributed by atoms with E-state index in [1.165, 1.54) is 5.54 Å². The molecule has 86 valence electrons. The van der Waals surface area contributed by atoms with E-state index < -0.39 is 0 Å². The number of hydrogen-bond donors (Lipinski definition) is 0. The molecule has 0 aliphatic carbocycles. The third kappa shape index (κ3) is 3.76. The normalized spacial score (nSPS) is 11.9. The summed E-state index contributed by atoms with van der Waals surface area (Å²) in [6, 6.07) is 7.43. The van der Waals surface area contributed by atoms with Gasteiger partial charge in [0, 0.05) is 25.8 Å². The van der Waals surface area contributed by atoms with Crippen molar-refractivity contribution in [3.8, 4) is 5.75 Å². The first-order chi connectivity index (χ1) is 7.67. The van der Waals surface area contributed by atoms with Crippen molar-refractivity contribution >= 4 is 35.2 Å². The molecule has 0 radical (unpaired) electrons. The maximum atomic E-state index is 5.66. The van der Waals surface area contributed by atoms with Crippen molar-refractivity contribution < 1.29 is 4.74 Å². The first-order valence-corrected chi connectivity index (χ1v) is 5.37. The molecular formula is C11H12Cl2N2O. The molecule has 0 aromatic heterocycles. The minimum absolute atomic E-state index is 0.130. The SMILES string of the molecule is CN=CN(C)c1cccc(OC(Cl)=CCl)c1. The Morgan fingerprint density at radius 2 is 2.25 bits per heavy atom. The van der Waals surface area contributed by atoms with Crippen LogP contribution in [0.5, 0.6) is 5.75 Å². The summed E-state index contributed by atoms with van der Waals surface area (Å²) in [6.07, 6.45) is 1.71. The van der Waals surface area contributed by atoms with E-state index in [0.29, 0.717) is 5.75 Å². The fraction of sp³-hybridized carbons (Fsp3) is 0.182. The van der Waals surface area contributed by atoms with Crippen molar-refractivity contribution in [3.63, 3.8) is 0 Å². The van der Waals surface area contributed by atoms with Crippen LogP contribution in [0.15, 0.2) is 40.0 Å². The summed E-state index contributed by atoms with van der Waals surface area (Å²) in [5.41, 5.74) is 2.12. The lowest BCUT2D eigenvalue weighted by atomic mass is 10.3. The van der Waals surface area contributed by atoms with Crippen LogP contribution < -0.4 is 9.64 Å². The van der Waals surface area contributed by atoms with Crippen LogP contribution in [0.2, 0.25) is 0 Å². The predicted molar refractivity (Wildman–Crippen MR) is 69.7 cm³/mol. The van der Waals surface area contributed by atoms with E-state index in [2.05, 4.69) is 4.99 Å². The lowest BCUT2D eigenvalue weighted by Gasteiger charge is -2.14. The van der Waals surface area contributed by atoms with Gasteiger partial charge in [-0.05, 0) is 23.7 Å². The second kappa shape index (κ2) is 6.40. The van der Waals surface area contributed by atoms with Crippen LogP contribution in [0.1, 0.15) is 0 Å². The molecule has 0 N–H and O–H groups in total. The van der Waals surface area contributed by atoms with Gasteiger partial charge in [-0.25, -0.2) is 0 Å². The molecule has 0 heterocycles. The lowest BCUT2D eigenvalue weighted by Crippen LogP contribution is -2.13. The molecule has 0 unspecified atom stereocenters. The number of benzene rings is 1. The molecule has 0 atom stereocenters. The van der Waals surface area contributed by atoms with Gasteiger partial charge in [-0.15, -0.1) is 0 Å². The maximum Gasteiger partial charge on any atom is 0.205 e. The van der Waals surface area contributed by atoms with Gasteiger partial charge in [0.25, 0.3) is 0 Å². The molecule has 0 bridgehead atoms. The third-order valence-corrected chi connectivity index (χ3v) is 2.31. The van der Waals surface area contributed by atoms with E-state index in [1.54, 1.807) is 19.5 Å². The monoisotopic (exact) mass is 258 g/mol. The van der Waals surface area contributed by atoms with Gasteiger partial charge >= 0.3 is 0 Å². The highest BCUT2D eigenvalue weighted by molar-refractivity contribution is 6.35. The van der Waals surface area contributed by atoms with Gasteiger partial charge in [0.2, 0.25) is 5.22 Å². The first-order valence-electron chi connectivity index (χ1n) is 4.56. The standard InChI is InChI=1S/C11H12Cl2N2O/c1-14-8-15(2)9-4-3-5-10(6-9)16-11(13)7-12/h3-8H,1-2H3. The maximum absolute atomic E-state index is 5.66. The summed E-state index contributed by atoms with van der Waals surface area (Å²) >= 11 is 11.1. The number of anilines is 1. The second-order valence-electron chi connectivity index (χ2n) is 3.00. The molecule has 1 aromatic rings. The molecule has 1 rings (SSSR count). The van der Waals surface area contributed by atoms with Gasteiger partial charge in [-0.1, -0.05) is 17.7 Å². The molecule has 0 saturated carbocycles.